The third-order valence-corrected chi connectivity index (χ3v) is 12.0. The zero-order valence-electron chi connectivity index (χ0n) is 37.9. The SMILES string of the molecule is CCCCCCCCCCCC/C=C\CCCCCCCCCC(=O)NC(COP(=O)(O)OCC[N+](C)(C)C)C(O)CCCCCCCCCCCCCCC. The maximum absolute atomic E-state index is 12.9. The van der Waals surface area contributed by atoms with Crippen LogP contribution in [0.3, 0.4) is 0 Å². The van der Waals surface area contributed by atoms with Gasteiger partial charge in [0, 0.05) is 6.42 Å². The Morgan fingerprint density at radius 3 is 1.38 bits per heavy atom. The monoisotopic (exact) mass is 816 g/mol. The first-order chi connectivity index (χ1) is 27.0. The highest BCUT2D eigenvalue weighted by Gasteiger charge is 2.28. The number of quaternary nitrogens is 1. The molecule has 0 saturated carbocycles. The standard InChI is InChI=1S/C47H95N2O6P/c1-6-8-10-12-14-16-18-20-21-22-23-24-25-26-27-29-31-33-35-37-39-41-47(51)48-45(44-55-56(52,53)54-43-42-49(3,4)5)46(50)40-38-36-34-32-30-28-19-17-15-13-11-9-7-2/h24-25,45-46,50H,6-23,26-44H2,1-5H3,(H-,48,51,52,53)/p+1/b25-24-. The number of carbonyl (C=O) groups excluding carboxylic acids is 1. The van der Waals surface area contributed by atoms with Gasteiger partial charge in [0.1, 0.15) is 13.2 Å². The molecular weight excluding hydrogens is 719 g/mol. The summed E-state index contributed by atoms with van der Waals surface area (Å²) in [5, 5.41) is 14.0. The Bertz CT molecular complexity index is 927. The second-order valence-electron chi connectivity index (χ2n) is 17.8. The molecule has 8 nitrogen and oxygen atoms in total. The fourth-order valence-electron chi connectivity index (χ4n) is 7.16. The molecule has 3 N–H and O–H groups in total. The van der Waals surface area contributed by atoms with E-state index in [1.807, 2.05) is 21.1 Å². The lowest BCUT2D eigenvalue weighted by Crippen LogP contribution is -2.46. The fraction of sp³-hybridized carbons (Fsp3) is 0.936. The fourth-order valence-corrected chi connectivity index (χ4v) is 7.89. The van der Waals surface area contributed by atoms with Crippen LogP contribution in [0.5, 0.6) is 0 Å². The molecule has 0 aromatic carbocycles. The highest BCUT2D eigenvalue weighted by atomic mass is 31.2. The van der Waals surface area contributed by atoms with E-state index in [9.17, 15) is 19.4 Å². The molecule has 0 rings (SSSR count). The minimum absolute atomic E-state index is 0.0757. The smallest absolute Gasteiger partial charge is 0.391 e. The second kappa shape index (κ2) is 39.7. The topological polar surface area (TPSA) is 105 Å². The van der Waals surface area contributed by atoms with Crippen LogP contribution < -0.4 is 5.32 Å². The third-order valence-electron chi connectivity index (χ3n) is 11.0. The predicted octanol–water partition coefficient (Wildman–Crippen LogP) is 13.5. The van der Waals surface area contributed by atoms with Crippen molar-refractivity contribution in [2.75, 3.05) is 40.9 Å². The van der Waals surface area contributed by atoms with Crippen molar-refractivity contribution in [2.45, 2.75) is 244 Å². The van der Waals surface area contributed by atoms with E-state index in [4.69, 9.17) is 9.05 Å². The quantitative estimate of drug-likeness (QED) is 0.0245. The molecule has 0 heterocycles. The Kier molecular flexibility index (Phi) is 39.1. The Labute approximate surface area is 348 Å². The highest BCUT2D eigenvalue weighted by Crippen LogP contribution is 2.43. The molecule has 0 spiro atoms. The predicted molar refractivity (Wildman–Crippen MR) is 240 cm³/mol. The lowest BCUT2D eigenvalue weighted by Gasteiger charge is -2.26. The van der Waals surface area contributed by atoms with Gasteiger partial charge in [-0.2, -0.15) is 0 Å². The molecule has 0 aliphatic heterocycles. The Morgan fingerprint density at radius 1 is 0.589 bits per heavy atom. The summed E-state index contributed by atoms with van der Waals surface area (Å²) >= 11 is 0. The second-order valence-corrected chi connectivity index (χ2v) is 19.3. The zero-order chi connectivity index (χ0) is 41.4. The van der Waals surface area contributed by atoms with Gasteiger partial charge in [-0.25, -0.2) is 4.57 Å². The first-order valence-corrected chi connectivity index (χ1v) is 25.5. The summed E-state index contributed by atoms with van der Waals surface area (Å²) < 4.78 is 23.6. The van der Waals surface area contributed by atoms with Crippen LogP contribution in [0.25, 0.3) is 0 Å². The van der Waals surface area contributed by atoms with E-state index in [1.165, 1.54) is 167 Å². The van der Waals surface area contributed by atoms with Crippen molar-refractivity contribution >= 4 is 13.7 Å². The van der Waals surface area contributed by atoms with Crippen LogP contribution in [0.4, 0.5) is 0 Å². The van der Waals surface area contributed by atoms with Gasteiger partial charge in [0.15, 0.2) is 0 Å². The van der Waals surface area contributed by atoms with Gasteiger partial charge in [-0.1, -0.05) is 199 Å². The van der Waals surface area contributed by atoms with Crippen molar-refractivity contribution in [2.24, 2.45) is 0 Å². The van der Waals surface area contributed by atoms with Gasteiger partial charge in [0.05, 0.1) is 39.9 Å². The van der Waals surface area contributed by atoms with Gasteiger partial charge >= 0.3 is 7.82 Å². The number of phosphoric ester groups is 1. The molecule has 0 fully saturated rings. The molecule has 0 aromatic rings. The number of aliphatic hydroxyl groups excluding tert-OH is 1. The summed E-state index contributed by atoms with van der Waals surface area (Å²) in [6.45, 7) is 4.90. The van der Waals surface area contributed by atoms with Crippen LogP contribution in [-0.4, -0.2) is 73.4 Å². The Hall–Kier alpha value is -0.760. The van der Waals surface area contributed by atoms with E-state index < -0.39 is 20.0 Å². The number of carbonyl (C=O) groups is 1. The van der Waals surface area contributed by atoms with Crippen LogP contribution in [0.2, 0.25) is 0 Å². The molecule has 0 radical (unpaired) electrons. The molecule has 3 atom stereocenters. The van der Waals surface area contributed by atoms with Crippen molar-refractivity contribution in [3.05, 3.63) is 12.2 Å². The number of phosphoric acid groups is 1. The number of hydrogen-bond donors (Lipinski definition) is 3. The molecule has 0 bridgehead atoms. The Balaban J connectivity index is 4.25. The van der Waals surface area contributed by atoms with Crippen LogP contribution in [0.1, 0.15) is 232 Å². The normalized spacial score (nSPS) is 14.3. The van der Waals surface area contributed by atoms with Crippen LogP contribution in [0, 0.1) is 0 Å². The van der Waals surface area contributed by atoms with E-state index in [1.54, 1.807) is 0 Å². The van der Waals surface area contributed by atoms with Crippen LogP contribution in [0.15, 0.2) is 12.2 Å². The number of unbranched alkanes of at least 4 members (excludes halogenated alkanes) is 29. The maximum atomic E-state index is 12.9. The number of amides is 1. The Morgan fingerprint density at radius 2 is 0.964 bits per heavy atom. The van der Waals surface area contributed by atoms with Gasteiger partial charge in [-0.15, -0.1) is 0 Å². The van der Waals surface area contributed by atoms with Crippen molar-refractivity contribution < 1.29 is 32.9 Å². The van der Waals surface area contributed by atoms with Crippen molar-refractivity contribution in [1.29, 1.82) is 0 Å². The lowest BCUT2D eigenvalue weighted by molar-refractivity contribution is -0.870. The van der Waals surface area contributed by atoms with E-state index >= 15 is 0 Å². The lowest BCUT2D eigenvalue weighted by atomic mass is 10.0. The molecule has 0 aromatic heterocycles. The molecule has 0 saturated heterocycles. The maximum Gasteiger partial charge on any atom is 0.472 e. The minimum atomic E-state index is -4.31. The molecule has 9 heteroatoms. The number of rotatable bonds is 44. The molecule has 0 aliphatic rings. The largest absolute Gasteiger partial charge is 0.472 e. The number of aliphatic hydroxyl groups is 1. The van der Waals surface area contributed by atoms with Gasteiger partial charge in [0.25, 0.3) is 0 Å². The summed E-state index contributed by atoms with van der Waals surface area (Å²) in [4.78, 5) is 23.2. The van der Waals surface area contributed by atoms with Crippen molar-refractivity contribution in [1.82, 2.24) is 5.32 Å². The van der Waals surface area contributed by atoms with Gasteiger partial charge in [0.2, 0.25) is 5.91 Å². The van der Waals surface area contributed by atoms with Crippen LogP contribution in [-0.2, 0) is 18.4 Å². The molecular formula is C47H96N2O6P+. The number of nitrogens with one attached hydrogen (secondary N) is 1. The highest BCUT2D eigenvalue weighted by molar-refractivity contribution is 7.47. The van der Waals surface area contributed by atoms with Gasteiger partial charge in [-0.05, 0) is 38.5 Å². The first-order valence-electron chi connectivity index (χ1n) is 24.1. The summed E-state index contributed by atoms with van der Waals surface area (Å²) in [7, 11) is 1.62. The van der Waals surface area contributed by atoms with Gasteiger partial charge in [-0.3, -0.25) is 13.8 Å². The van der Waals surface area contributed by atoms with E-state index in [0.29, 0.717) is 23.9 Å². The average molecular weight is 816 g/mol. The van der Waals surface area contributed by atoms with Crippen molar-refractivity contribution in [3.8, 4) is 0 Å². The first kappa shape index (κ1) is 55.2. The number of allylic oxidation sites excluding steroid dienone is 2. The third kappa shape index (κ3) is 41.4. The minimum Gasteiger partial charge on any atom is -0.391 e. The number of likely N-dealkylation sites (N-methyl/N-ethyl adjacent to an activating group) is 1. The molecule has 56 heavy (non-hydrogen) atoms. The molecule has 3 unspecified atom stereocenters. The van der Waals surface area contributed by atoms with E-state index in [2.05, 4.69) is 31.3 Å². The van der Waals surface area contributed by atoms with Crippen LogP contribution >= 0.6 is 7.82 Å². The molecule has 1 amide bonds. The number of nitrogens with zero attached hydrogens (tertiary/aromatic N) is 1. The molecule has 0 aliphatic carbocycles. The van der Waals surface area contributed by atoms with Crippen molar-refractivity contribution in [3.63, 3.8) is 0 Å². The summed E-state index contributed by atoms with van der Waals surface area (Å²) in [5.74, 6) is -0.147. The molecule has 334 valence electrons. The summed E-state index contributed by atoms with van der Waals surface area (Å²) in [5.41, 5.74) is 0. The zero-order valence-corrected chi connectivity index (χ0v) is 38.8. The number of hydrogen-bond acceptors (Lipinski definition) is 5. The average Bonchev–Trinajstić information content (AvgIpc) is 3.15. The summed E-state index contributed by atoms with van der Waals surface area (Å²) in [6.07, 6.45) is 45.2. The van der Waals surface area contributed by atoms with E-state index in [-0.39, 0.29) is 19.1 Å². The van der Waals surface area contributed by atoms with E-state index in [0.717, 1.165) is 38.5 Å². The summed E-state index contributed by atoms with van der Waals surface area (Å²) in [6, 6.07) is -0.758. The van der Waals surface area contributed by atoms with Gasteiger partial charge < -0.3 is 19.8 Å².